The van der Waals surface area contributed by atoms with Gasteiger partial charge >= 0.3 is 6.18 Å². The minimum Gasteiger partial charge on any atom is -0.299 e. The fourth-order valence-electron chi connectivity index (χ4n) is 3.58. The molecule has 2 fully saturated rings. The number of nitrogens with one attached hydrogen (secondary N) is 4. The Morgan fingerprint density at radius 3 is 2.61 bits per heavy atom. The lowest BCUT2D eigenvalue weighted by Gasteiger charge is -2.41. The molecule has 0 bridgehead atoms. The van der Waals surface area contributed by atoms with E-state index in [2.05, 4.69) is 21.4 Å². The van der Waals surface area contributed by atoms with Crippen molar-refractivity contribution in [1.82, 2.24) is 26.3 Å². The molecule has 0 saturated carbocycles. The van der Waals surface area contributed by atoms with E-state index in [0.29, 0.717) is 19.6 Å². The van der Waals surface area contributed by atoms with Crippen LogP contribution in [0.5, 0.6) is 0 Å². The van der Waals surface area contributed by atoms with Crippen LogP contribution in [0.15, 0.2) is 24.3 Å². The molecule has 2 saturated heterocycles. The Morgan fingerprint density at radius 2 is 2.00 bits per heavy atom. The summed E-state index contributed by atoms with van der Waals surface area (Å²) in [4.78, 5) is 6.84. The van der Waals surface area contributed by atoms with Gasteiger partial charge in [0.15, 0.2) is 0 Å². The number of unbranched alkanes of at least 4 members (excludes halogenated alkanes) is 1. The maximum atomic E-state index is 13.3. The molecule has 6 nitrogen and oxygen atoms in total. The van der Waals surface area contributed by atoms with Gasteiger partial charge in [0.1, 0.15) is 18.4 Å². The van der Waals surface area contributed by atoms with Crippen LogP contribution in [0, 0.1) is 0 Å². The third-order valence-electron chi connectivity index (χ3n) is 5.22. The van der Waals surface area contributed by atoms with Gasteiger partial charge in [-0.15, -0.1) is 0 Å². The van der Waals surface area contributed by atoms with Gasteiger partial charge in [-0.05, 0) is 31.0 Å². The number of hydroxylamine groups is 1. The van der Waals surface area contributed by atoms with Gasteiger partial charge in [-0.2, -0.15) is 18.7 Å². The third-order valence-corrected chi connectivity index (χ3v) is 5.22. The van der Waals surface area contributed by atoms with Crippen LogP contribution in [0.3, 0.4) is 0 Å². The maximum Gasteiger partial charge on any atom is 0.405 e. The number of hydrogen-bond acceptors (Lipinski definition) is 6. The van der Waals surface area contributed by atoms with Crippen molar-refractivity contribution in [2.24, 2.45) is 0 Å². The molecule has 1 aromatic rings. The lowest BCUT2D eigenvalue weighted by molar-refractivity contribution is -0.190. The number of benzene rings is 1. The Hall–Kier alpha value is -1.23. The monoisotopic (exact) mass is 401 g/mol. The van der Waals surface area contributed by atoms with E-state index >= 15 is 0 Å². The lowest BCUT2D eigenvalue weighted by atomic mass is 10.1. The Labute approximate surface area is 164 Å². The van der Waals surface area contributed by atoms with E-state index in [1.54, 1.807) is 4.90 Å². The number of alkyl halides is 3. The van der Waals surface area contributed by atoms with Crippen molar-refractivity contribution in [3.8, 4) is 0 Å². The van der Waals surface area contributed by atoms with Crippen molar-refractivity contribution in [2.45, 2.75) is 64.0 Å². The van der Waals surface area contributed by atoms with Gasteiger partial charge in [-0.25, -0.2) is 0 Å². The third kappa shape index (κ3) is 5.65. The van der Waals surface area contributed by atoms with E-state index in [-0.39, 0.29) is 25.1 Å². The fourth-order valence-corrected chi connectivity index (χ4v) is 3.58. The molecule has 2 aliphatic rings. The van der Waals surface area contributed by atoms with Gasteiger partial charge in [0.2, 0.25) is 0 Å². The minimum absolute atomic E-state index is 0.0385. The molecular formula is C19H30F3N5O. The van der Waals surface area contributed by atoms with Crippen molar-refractivity contribution in [2.75, 3.05) is 19.6 Å². The second kappa shape index (κ2) is 9.51. The summed E-state index contributed by atoms with van der Waals surface area (Å²) in [6.07, 6.45) is -2.80. The van der Waals surface area contributed by atoms with Crippen molar-refractivity contribution < 1.29 is 18.0 Å². The van der Waals surface area contributed by atoms with Crippen LogP contribution >= 0.6 is 0 Å². The molecule has 158 valence electrons. The van der Waals surface area contributed by atoms with Gasteiger partial charge < -0.3 is 0 Å². The van der Waals surface area contributed by atoms with Crippen LogP contribution in [0.1, 0.15) is 44.0 Å². The van der Waals surface area contributed by atoms with Gasteiger partial charge in [0.25, 0.3) is 0 Å². The summed E-state index contributed by atoms with van der Waals surface area (Å²) in [5.41, 5.74) is 5.08. The first-order valence-electron chi connectivity index (χ1n) is 9.90. The molecule has 2 aliphatic heterocycles. The first-order valence-corrected chi connectivity index (χ1v) is 9.90. The Kier molecular flexibility index (Phi) is 7.30. The summed E-state index contributed by atoms with van der Waals surface area (Å²) in [5.74, 6) is 0. The van der Waals surface area contributed by atoms with Crippen LogP contribution in [0.4, 0.5) is 13.2 Å². The van der Waals surface area contributed by atoms with E-state index in [4.69, 9.17) is 4.84 Å². The number of nitrogens with zero attached hydrogens (tertiary/aromatic N) is 1. The van der Waals surface area contributed by atoms with E-state index in [1.165, 1.54) is 0 Å². The summed E-state index contributed by atoms with van der Waals surface area (Å²) in [7, 11) is 0. The highest BCUT2D eigenvalue weighted by molar-refractivity contribution is 5.25. The Balaban J connectivity index is 1.51. The lowest BCUT2D eigenvalue weighted by Crippen LogP contribution is -2.64. The molecule has 0 spiro atoms. The summed E-state index contributed by atoms with van der Waals surface area (Å²) >= 11 is 0. The Bertz CT molecular complexity index is 613. The molecule has 2 heterocycles. The largest absolute Gasteiger partial charge is 0.405 e. The first-order chi connectivity index (χ1) is 13.4. The average Bonchev–Trinajstić information content (AvgIpc) is 3.10. The first kappa shape index (κ1) is 21.5. The molecule has 0 aromatic heterocycles. The van der Waals surface area contributed by atoms with Crippen LogP contribution in [0.25, 0.3) is 0 Å². The van der Waals surface area contributed by atoms with Gasteiger partial charge in [0, 0.05) is 19.6 Å². The van der Waals surface area contributed by atoms with Gasteiger partial charge in [-0.1, -0.05) is 37.6 Å². The summed E-state index contributed by atoms with van der Waals surface area (Å²) < 4.78 is 39.8. The molecule has 1 aromatic carbocycles. The zero-order valence-electron chi connectivity index (χ0n) is 16.4. The maximum absolute atomic E-state index is 13.3. The fraction of sp³-hybridized carbons (Fsp3) is 0.684. The van der Waals surface area contributed by atoms with Gasteiger partial charge in [0.05, 0.1) is 6.17 Å². The molecule has 4 atom stereocenters. The highest BCUT2D eigenvalue weighted by Gasteiger charge is 2.45. The standard InChI is InChI=1S/C19H30F3N5O/c1-3-4-9-27-12-17(24-11-16(27)19(20,21)22)23-10-14-5-7-15(8-6-14)18-25-13(2)28-26-18/h5-8,13,16-18,23-26H,3-4,9-12H2,1-2H3. The molecule has 28 heavy (non-hydrogen) atoms. The smallest absolute Gasteiger partial charge is 0.299 e. The SMILES string of the molecule is CCCCN1CC(NCc2ccc(C3NOC(C)N3)cc2)NCC1C(F)(F)F. The summed E-state index contributed by atoms with van der Waals surface area (Å²) in [6.45, 7) is 5.24. The molecule has 0 aliphatic carbocycles. The van der Waals surface area contributed by atoms with Crippen molar-refractivity contribution in [3.63, 3.8) is 0 Å². The van der Waals surface area contributed by atoms with E-state index in [9.17, 15) is 13.2 Å². The summed E-state index contributed by atoms with van der Waals surface area (Å²) in [6, 6.07) is 6.66. The quantitative estimate of drug-likeness (QED) is 0.562. The molecule has 9 heteroatoms. The molecule has 3 rings (SSSR count). The second-order valence-electron chi connectivity index (χ2n) is 7.47. The van der Waals surface area contributed by atoms with E-state index in [0.717, 1.165) is 24.0 Å². The molecular weight excluding hydrogens is 371 g/mol. The highest BCUT2D eigenvalue weighted by Crippen LogP contribution is 2.26. The van der Waals surface area contributed by atoms with E-state index < -0.39 is 12.2 Å². The zero-order chi connectivity index (χ0) is 20.1. The number of halogens is 3. The topological polar surface area (TPSA) is 60.6 Å². The van der Waals surface area contributed by atoms with Crippen molar-refractivity contribution >= 4 is 0 Å². The predicted molar refractivity (Wildman–Crippen MR) is 101 cm³/mol. The van der Waals surface area contributed by atoms with Crippen LogP contribution in [-0.2, 0) is 11.4 Å². The van der Waals surface area contributed by atoms with Crippen molar-refractivity contribution in [3.05, 3.63) is 35.4 Å². The number of rotatable bonds is 7. The predicted octanol–water partition coefficient (Wildman–Crippen LogP) is 2.21. The minimum atomic E-state index is -4.20. The number of hydrogen-bond donors (Lipinski definition) is 4. The summed E-state index contributed by atoms with van der Waals surface area (Å²) in [5, 5.41) is 9.60. The molecule has 0 amide bonds. The van der Waals surface area contributed by atoms with Gasteiger partial charge in [-0.3, -0.25) is 25.7 Å². The molecule has 4 unspecified atom stereocenters. The van der Waals surface area contributed by atoms with Crippen molar-refractivity contribution in [1.29, 1.82) is 0 Å². The van der Waals surface area contributed by atoms with E-state index in [1.807, 2.05) is 38.1 Å². The van der Waals surface area contributed by atoms with Crippen LogP contribution < -0.4 is 21.4 Å². The average molecular weight is 401 g/mol. The van der Waals surface area contributed by atoms with Crippen LogP contribution in [0.2, 0.25) is 0 Å². The zero-order valence-corrected chi connectivity index (χ0v) is 16.4. The Morgan fingerprint density at radius 1 is 1.25 bits per heavy atom. The number of piperazine rings is 1. The molecule has 0 radical (unpaired) electrons. The highest BCUT2D eigenvalue weighted by atomic mass is 19.4. The molecule has 4 N–H and O–H groups in total. The second-order valence-corrected chi connectivity index (χ2v) is 7.47. The van der Waals surface area contributed by atoms with Crippen LogP contribution in [-0.4, -0.2) is 49.1 Å². The normalized spacial score (nSPS) is 29.3.